The summed E-state index contributed by atoms with van der Waals surface area (Å²) in [7, 11) is 0. The van der Waals surface area contributed by atoms with Crippen LogP contribution >= 0.6 is 15.9 Å². The van der Waals surface area contributed by atoms with Crippen molar-refractivity contribution in [2.24, 2.45) is 4.99 Å². The molecule has 1 aliphatic rings. The van der Waals surface area contributed by atoms with Crippen molar-refractivity contribution in [2.75, 3.05) is 6.61 Å². The first-order valence-corrected chi connectivity index (χ1v) is 5.45. The molecule has 0 amide bonds. The molecule has 4 heteroatoms. The number of nitrogens with zero attached hydrogens (tertiary/aromatic N) is 1. The van der Waals surface area contributed by atoms with E-state index >= 15 is 0 Å². The van der Waals surface area contributed by atoms with E-state index in [1.807, 2.05) is 13.8 Å². The predicted molar refractivity (Wildman–Crippen MR) is 60.7 cm³/mol. The maximum absolute atomic E-state index is 12.9. The number of benzene rings is 1. The summed E-state index contributed by atoms with van der Waals surface area (Å²) >= 11 is 3.29. The van der Waals surface area contributed by atoms with Crippen LogP contribution in [0.2, 0.25) is 0 Å². The number of hydrogen-bond donors (Lipinski definition) is 0. The smallest absolute Gasteiger partial charge is 0.217 e. The van der Waals surface area contributed by atoms with Gasteiger partial charge in [-0.15, -0.1) is 0 Å². The second kappa shape index (κ2) is 3.59. The second-order valence-corrected chi connectivity index (χ2v) is 5.00. The molecule has 0 saturated heterocycles. The summed E-state index contributed by atoms with van der Waals surface area (Å²) in [5.41, 5.74) is 0.602. The molecule has 1 aliphatic heterocycles. The summed E-state index contributed by atoms with van der Waals surface area (Å²) in [4.78, 5) is 4.42. The summed E-state index contributed by atoms with van der Waals surface area (Å²) < 4.78 is 19.0. The lowest BCUT2D eigenvalue weighted by Crippen LogP contribution is -2.17. The van der Waals surface area contributed by atoms with Gasteiger partial charge in [0.15, 0.2) is 0 Å². The molecule has 0 spiro atoms. The Labute approximate surface area is 96.3 Å². The van der Waals surface area contributed by atoms with E-state index in [2.05, 4.69) is 20.9 Å². The average molecular weight is 272 g/mol. The van der Waals surface area contributed by atoms with E-state index in [1.165, 1.54) is 12.1 Å². The molecule has 80 valence electrons. The molecule has 0 radical (unpaired) electrons. The van der Waals surface area contributed by atoms with Crippen molar-refractivity contribution in [1.82, 2.24) is 0 Å². The lowest BCUT2D eigenvalue weighted by atomic mass is 10.1. The van der Waals surface area contributed by atoms with Crippen LogP contribution in [0.15, 0.2) is 27.7 Å². The van der Waals surface area contributed by atoms with Crippen LogP contribution in [0.3, 0.4) is 0 Å². The molecule has 0 atom stereocenters. The highest BCUT2D eigenvalue weighted by Crippen LogP contribution is 2.25. The molecule has 0 aromatic heterocycles. The zero-order valence-corrected chi connectivity index (χ0v) is 10.1. The zero-order valence-electron chi connectivity index (χ0n) is 8.55. The van der Waals surface area contributed by atoms with E-state index in [-0.39, 0.29) is 11.4 Å². The first-order valence-electron chi connectivity index (χ1n) is 4.66. The monoisotopic (exact) mass is 271 g/mol. The van der Waals surface area contributed by atoms with Crippen LogP contribution in [0.4, 0.5) is 4.39 Å². The summed E-state index contributed by atoms with van der Waals surface area (Å²) in [6.07, 6.45) is 0. The van der Waals surface area contributed by atoms with Crippen LogP contribution in [0.25, 0.3) is 0 Å². The molecule has 2 rings (SSSR count). The number of hydrogen-bond acceptors (Lipinski definition) is 2. The molecule has 1 aromatic rings. The first-order chi connectivity index (χ1) is 6.98. The first kappa shape index (κ1) is 10.6. The third-order valence-corrected chi connectivity index (χ3v) is 2.78. The molecule has 15 heavy (non-hydrogen) atoms. The van der Waals surface area contributed by atoms with Crippen LogP contribution in [-0.2, 0) is 4.74 Å². The Bertz CT molecular complexity index is 429. The molecule has 0 N–H and O–H groups in total. The maximum atomic E-state index is 12.9. The van der Waals surface area contributed by atoms with Crippen molar-refractivity contribution in [3.8, 4) is 0 Å². The Hall–Kier alpha value is -0.900. The van der Waals surface area contributed by atoms with E-state index < -0.39 is 0 Å². The molecule has 1 aromatic carbocycles. The Balaban J connectivity index is 2.39. The van der Waals surface area contributed by atoms with Crippen LogP contribution < -0.4 is 0 Å². The molecule has 1 heterocycles. The summed E-state index contributed by atoms with van der Waals surface area (Å²) in [6.45, 7) is 4.56. The van der Waals surface area contributed by atoms with E-state index in [0.29, 0.717) is 17.0 Å². The van der Waals surface area contributed by atoms with Crippen molar-refractivity contribution in [3.05, 3.63) is 34.1 Å². The standard InChI is InChI=1S/C11H11BrFNO/c1-11(2)6-15-10(14-11)8-4-3-7(13)5-9(8)12/h3-5H,6H2,1-2H3. The van der Waals surface area contributed by atoms with Gasteiger partial charge in [0, 0.05) is 4.47 Å². The number of halogens is 2. The van der Waals surface area contributed by atoms with Crippen molar-refractivity contribution in [1.29, 1.82) is 0 Å². The fourth-order valence-corrected chi connectivity index (χ4v) is 1.91. The highest BCUT2D eigenvalue weighted by molar-refractivity contribution is 9.10. The number of aliphatic imine (C=N–C) groups is 1. The second-order valence-electron chi connectivity index (χ2n) is 4.14. The maximum Gasteiger partial charge on any atom is 0.217 e. The molecule has 0 aliphatic carbocycles. The van der Waals surface area contributed by atoms with Gasteiger partial charge in [0.1, 0.15) is 12.4 Å². The highest BCUT2D eigenvalue weighted by atomic mass is 79.9. The Morgan fingerprint density at radius 1 is 1.47 bits per heavy atom. The van der Waals surface area contributed by atoms with Gasteiger partial charge >= 0.3 is 0 Å². The van der Waals surface area contributed by atoms with E-state index in [1.54, 1.807) is 6.07 Å². The van der Waals surface area contributed by atoms with Gasteiger partial charge in [-0.2, -0.15) is 0 Å². The van der Waals surface area contributed by atoms with Gasteiger partial charge in [-0.25, -0.2) is 9.38 Å². The van der Waals surface area contributed by atoms with Crippen LogP contribution in [0.5, 0.6) is 0 Å². The lowest BCUT2D eigenvalue weighted by molar-refractivity contribution is 0.279. The minimum atomic E-state index is -0.275. The fourth-order valence-electron chi connectivity index (χ4n) is 1.39. The van der Waals surface area contributed by atoms with Gasteiger partial charge in [0.05, 0.1) is 11.1 Å². The van der Waals surface area contributed by atoms with E-state index in [4.69, 9.17) is 4.74 Å². The normalized spacial score (nSPS) is 18.5. The Morgan fingerprint density at radius 2 is 2.20 bits per heavy atom. The van der Waals surface area contributed by atoms with Crippen molar-refractivity contribution in [2.45, 2.75) is 19.4 Å². The molecule has 0 fully saturated rings. The van der Waals surface area contributed by atoms with Gasteiger partial charge in [-0.05, 0) is 48.0 Å². The fraction of sp³-hybridized carbons (Fsp3) is 0.364. The molecular formula is C11H11BrFNO. The lowest BCUT2D eigenvalue weighted by Gasteiger charge is -2.07. The van der Waals surface area contributed by atoms with Crippen LogP contribution in [0, 0.1) is 5.82 Å². The summed E-state index contributed by atoms with van der Waals surface area (Å²) in [5.74, 6) is 0.301. The van der Waals surface area contributed by atoms with Crippen LogP contribution in [0.1, 0.15) is 19.4 Å². The van der Waals surface area contributed by atoms with Crippen molar-refractivity contribution >= 4 is 21.8 Å². The zero-order chi connectivity index (χ0) is 11.1. The quantitative estimate of drug-likeness (QED) is 0.769. The minimum Gasteiger partial charge on any atom is -0.475 e. The predicted octanol–water partition coefficient (Wildman–Crippen LogP) is 3.14. The third-order valence-electron chi connectivity index (χ3n) is 2.13. The molecule has 0 saturated carbocycles. The van der Waals surface area contributed by atoms with Gasteiger partial charge < -0.3 is 4.74 Å². The molecule has 2 nitrogen and oxygen atoms in total. The Kier molecular flexibility index (Phi) is 2.54. The van der Waals surface area contributed by atoms with Crippen LogP contribution in [-0.4, -0.2) is 18.0 Å². The molecule has 0 bridgehead atoms. The average Bonchev–Trinajstić information content (AvgIpc) is 2.46. The highest BCUT2D eigenvalue weighted by Gasteiger charge is 2.27. The number of ether oxygens (including phenoxy) is 1. The number of rotatable bonds is 1. The molecule has 0 unspecified atom stereocenters. The summed E-state index contributed by atoms with van der Waals surface area (Å²) in [6, 6.07) is 4.48. The van der Waals surface area contributed by atoms with Gasteiger partial charge in [-0.3, -0.25) is 0 Å². The van der Waals surface area contributed by atoms with Crippen molar-refractivity contribution < 1.29 is 9.13 Å². The van der Waals surface area contributed by atoms with Gasteiger partial charge in [0.2, 0.25) is 5.90 Å². The summed E-state index contributed by atoms with van der Waals surface area (Å²) in [5, 5.41) is 0. The van der Waals surface area contributed by atoms with Crippen molar-refractivity contribution in [3.63, 3.8) is 0 Å². The SMILES string of the molecule is CC1(C)COC(c2ccc(F)cc2Br)=N1. The topological polar surface area (TPSA) is 21.6 Å². The largest absolute Gasteiger partial charge is 0.475 e. The molecular weight excluding hydrogens is 261 g/mol. The van der Waals surface area contributed by atoms with Gasteiger partial charge in [-0.1, -0.05) is 0 Å². The third kappa shape index (κ3) is 2.20. The van der Waals surface area contributed by atoms with E-state index in [9.17, 15) is 4.39 Å². The van der Waals surface area contributed by atoms with E-state index in [0.717, 1.165) is 5.56 Å². The minimum absolute atomic E-state index is 0.191. The Morgan fingerprint density at radius 3 is 2.73 bits per heavy atom. The van der Waals surface area contributed by atoms with Gasteiger partial charge in [0.25, 0.3) is 0 Å².